The Balaban J connectivity index is 2.38. The van der Waals surface area contributed by atoms with Crippen LogP contribution in [0.2, 0.25) is 0 Å². The van der Waals surface area contributed by atoms with Gasteiger partial charge >= 0.3 is 0 Å². The number of carbonyl (C=O) groups excluding carboxylic acids is 1. The summed E-state index contributed by atoms with van der Waals surface area (Å²) >= 11 is 0. The first-order valence-corrected chi connectivity index (χ1v) is 5.71. The molecule has 1 amide bonds. The summed E-state index contributed by atoms with van der Waals surface area (Å²) in [6.07, 6.45) is 0. The molecule has 0 spiro atoms. The number of hydrogen-bond donors (Lipinski definition) is 1. The van der Waals surface area contributed by atoms with Crippen LogP contribution in [-0.2, 0) is 0 Å². The molecule has 110 valence electrons. The first kappa shape index (κ1) is 15.0. The van der Waals surface area contributed by atoms with Gasteiger partial charge in [-0.15, -0.1) is 0 Å². The Kier molecular flexibility index (Phi) is 3.93. The number of anilines is 1. The van der Waals surface area contributed by atoms with E-state index < -0.39 is 40.7 Å². The molecule has 0 radical (unpaired) electrons. The number of hydrogen-bond acceptors (Lipinski definition) is 1. The Morgan fingerprint density at radius 3 is 2.00 bits per heavy atom. The average Bonchev–Trinajstić information content (AvgIpc) is 2.44. The maximum absolute atomic E-state index is 13.4. The summed E-state index contributed by atoms with van der Waals surface area (Å²) < 4.78 is 65.9. The third-order valence-electron chi connectivity index (χ3n) is 2.77. The molecule has 0 aromatic heterocycles. The lowest BCUT2D eigenvalue weighted by molar-refractivity contribution is 0.102. The van der Waals surface area contributed by atoms with Crippen molar-refractivity contribution >= 4 is 11.6 Å². The van der Waals surface area contributed by atoms with Crippen LogP contribution >= 0.6 is 0 Å². The first-order chi connectivity index (χ1) is 9.81. The molecule has 1 N–H and O–H groups in total. The molecular formula is C14H8F5NO. The van der Waals surface area contributed by atoms with Crippen LogP contribution in [0.15, 0.2) is 24.3 Å². The zero-order chi connectivity index (χ0) is 15.7. The predicted molar refractivity (Wildman–Crippen MR) is 65.4 cm³/mol. The van der Waals surface area contributed by atoms with Crippen molar-refractivity contribution in [2.75, 3.05) is 5.32 Å². The van der Waals surface area contributed by atoms with Gasteiger partial charge in [-0.2, -0.15) is 0 Å². The molecule has 0 saturated heterocycles. The highest BCUT2D eigenvalue weighted by Gasteiger charge is 2.21. The summed E-state index contributed by atoms with van der Waals surface area (Å²) in [7, 11) is 0. The van der Waals surface area contributed by atoms with Crippen LogP contribution in [0.4, 0.5) is 27.6 Å². The third kappa shape index (κ3) is 2.86. The summed E-state index contributed by atoms with van der Waals surface area (Å²) in [6, 6.07) is 3.23. The number of rotatable bonds is 2. The van der Waals surface area contributed by atoms with Crippen molar-refractivity contribution in [3.8, 4) is 0 Å². The lowest BCUT2D eigenvalue weighted by Gasteiger charge is -2.09. The van der Waals surface area contributed by atoms with Gasteiger partial charge in [0.05, 0.1) is 0 Å². The van der Waals surface area contributed by atoms with Gasteiger partial charge in [0, 0.05) is 11.6 Å². The van der Waals surface area contributed by atoms with Crippen molar-refractivity contribution in [2.24, 2.45) is 0 Å². The van der Waals surface area contributed by atoms with Gasteiger partial charge < -0.3 is 5.32 Å². The van der Waals surface area contributed by atoms with Gasteiger partial charge in [-0.05, 0) is 30.7 Å². The molecule has 0 bridgehead atoms. The fourth-order valence-corrected chi connectivity index (χ4v) is 1.65. The molecular weight excluding hydrogens is 293 g/mol. The topological polar surface area (TPSA) is 29.1 Å². The van der Waals surface area contributed by atoms with Crippen LogP contribution in [-0.4, -0.2) is 5.91 Å². The van der Waals surface area contributed by atoms with E-state index in [4.69, 9.17) is 0 Å². The van der Waals surface area contributed by atoms with E-state index in [1.165, 1.54) is 6.92 Å². The lowest BCUT2D eigenvalue weighted by atomic mass is 10.1. The Labute approximate surface area is 116 Å². The largest absolute Gasteiger partial charge is 0.317 e. The molecule has 2 rings (SSSR count). The van der Waals surface area contributed by atoms with Crippen molar-refractivity contribution in [1.82, 2.24) is 0 Å². The quantitative estimate of drug-likeness (QED) is 0.660. The first-order valence-electron chi connectivity index (χ1n) is 5.71. The van der Waals surface area contributed by atoms with Crippen LogP contribution in [0.1, 0.15) is 15.9 Å². The highest BCUT2D eigenvalue weighted by Crippen LogP contribution is 2.24. The molecule has 2 aromatic carbocycles. The van der Waals surface area contributed by atoms with E-state index in [2.05, 4.69) is 0 Å². The SMILES string of the molecule is Cc1cc(C(=O)Nc2c(F)c(F)cc(F)c2F)ccc1F. The standard InChI is InChI=1S/C14H8F5NO/c1-6-4-7(2-3-8(6)15)14(21)20-13-11(18)9(16)5-10(17)12(13)19/h2-5H,1H3,(H,20,21). The normalized spacial score (nSPS) is 10.6. The Hall–Kier alpha value is -2.44. The second kappa shape index (κ2) is 5.51. The molecule has 0 atom stereocenters. The molecule has 0 aliphatic carbocycles. The monoisotopic (exact) mass is 301 g/mol. The zero-order valence-electron chi connectivity index (χ0n) is 10.6. The van der Waals surface area contributed by atoms with E-state index in [1.807, 2.05) is 0 Å². The van der Waals surface area contributed by atoms with E-state index in [0.29, 0.717) is 0 Å². The van der Waals surface area contributed by atoms with Crippen LogP contribution < -0.4 is 5.32 Å². The van der Waals surface area contributed by atoms with Crippen LogP contribution in [0.5, 0.6) is 0 Å². The average molecular weight is 301 g/mol. The molecule has 0 aliphatic heterocycles. The van der Waals surface area contributed by atoms with Gasteiger partial charge in [-0.3, -0.25) is 4.79 Å². The maximum Gasteiger partial charge on any atom is 0.255 e. The smallest absolute Gasteiger partial charge is 0.255 e. The van der Waals surface area contributed by atoms with Crippen LogP contribution in [0, 0.1) is 36.0 Å². The number of carbonyl (C=O) groups is 1. The Bertz CT molecular complexity index is 704. The maximum atomic E-state index is 13.4. The van der Waals surface area contributed by atoms with E-state index in [9.17, 15) is 26.7 Å². The molecule has 0 saturated carbocycles. The zero-order valence-corrected chi connectivity index (χ0v) is 10.6. The minimum absolute atomic E-state index is 0.0301. The van der Waals surface area contributed by atoms with Crippen molar-refractivity contribution < 1.29 is 26.7 Å². The predicted octanol–water partition coefficient (Wildman–Crippen LogP) is 3.94. The summed E-state index contributed by atoms with van der Waals surface area (Å²) in [5.74, 6) is -8.32. The molecule has 7 heteroatoms. The summed E-state index contributed by atoms with van der Waals surface area (Å²) in [5.41, 5.74) is -1.22. The number of nitrogens with one attached hydrogen (secondary N) is 1. The molecule has 0 aliphatic rings. The number of aryl methyl sites for hydroxylation is 1. The van der Waals surface area contributed by atoms with Crippen molar-refractivity contribution in [3.63, 3.8) is 0 Å². The second-order valence-electron chi connectivity index (χ2n) is 4.26. The minimum Gasteiger partial charge on any atom is -0.317 e. The summed E-state index contributed by atoms with van der Waals surface area (Å²) in [6.45, 7) is 1.38. The molecule has 0 unspecified atom stereocenters. The van der Waals surface area contributed by atoms with E-state index >= 15 is 0 Å². The molecule has 2 nitrogen and oxygen atoms in total. The van der Waals surface area contributed by atoms with Crippen molar-refractivity contribution in [2.45, 2.75) is 6.92 Å². The number of benzene rings is 2. The van der Waals surface area contributed by atoms with Gasteiger partial charge in [-0.1, -0.05) is 0 Å². The van der Waals surface area contributed by atoms with E-state index in [0.717, 1.165) is 18.2 Å². The van der Waals surface area contributed by atoms with Crippen molar-refractivity contribution in [3.05, 3.63) is 64.5 Å². The molecule has 2 aromatic rings. The van der Waals surface area contributed by atoms with Gasteiger partial charge in [0.15, 0.2) is 23.3 Å². The van der Waals surface area contributed by atoms with Crippen LogP contribution in [0.3, 0.4) is 0 Å². The van der Waals surface area contributed by atoms with E-state index in [1.54, 1.807) is 5.32 Å². The summed E-state index contributed by atoms with van der Waals surface area (Å²) in [5, 5.41) is 1.73. The van der Waals surface area contributed by atoms with Gasteiger partial charge in [0.1, 0.15) is 11.5 Å². The van der Waals surface area contributed by atoms with Gasteiger partial charge in [0.2, 0.25) is 0 Å². The lowest BCUT2D eigenvalue weighted by Crippen LogP contribution is -2.16. The molecule has 21 heavy (non-hydrogen) atoms. The molecule has 0 heterocycles. The Morgan fingerprint density at radius 1 is 0.905 bits per heavy atom. The van der Waals surface area contributed by atoms with Gasteiger partial charge in [0.25, 0.3) is 5.91 Å². The van der Waals surface area contributed by atoms with Crippen molar-refractivity contribution in [1.29, 1.82) is 0 Å². The second-order valence-corrected chi connectivity index (χ2v) is 4.26. The highest BCUT2D eigenvalue weighted by molar-refractivity contribution is 6.04. The molecule has 0 fully saturated rings. The fraction of sp³-hybridized carbons (Fsp3) is 0.0714. The van der Waals surface area contributed by atoms with Crippen LogP contribution in [0.25, 0.3) is 0 Å². The minimum atomic E-state index is -1.72. The number of amides is 1. The van der Waals surface area contributed by atoms with E-state index in [-0.39, 0.29) is 17.2 Å². The fourth-order valence-electron chi connectivity index (χ4n) is 1.65. The Morgan fingerprint density at radius 2 is 1.48 bits per heavy atom. The number of halogens is 5. The third-order valence-corrected chi connectivity index (χ3v) is 2.77. The highest BCUT2D eigenvalue weighted by atomic mass is 19.2. The van der Waals surface area contributed by atoms with Gasteiger partial charge in [-0.25, -0.2) is 22.0 Å². The summed E-state index contributed by atoms with van der Waals surface area (Å²) in [4.78, 5) is 11.8.